The Kier molecular flexibility index (Phi) is 6.21. The molecule has 1 N–H and O–H groups in total. The number of nitrogens with zero attached hydrogens (tertiary/aromatic N) is 3. The highest BCUT2D eigenvalue weighted by Gasteiger charge is 2.27. The summed E-state index contributed by atoms with van der Waals surface area (Å²) in [5.74, 6) is 2.28. The second kappa shape index (κ2) is 9.02. The van der Waals surface area contributed by atoms with Crippen LogP contribution in [0.15, 0.2) is 54.6 Å². The molecule has 1 saturated carbocycles. The summed E-state index contributed by atoms with van der Waals surface area (Å²) < 4.78 is 8.30. The minimum Gasteiger partial charge on any atom is -0.439 e. The van der Waals surface area contributed by atoms with Crippen LogP contribution >= 0.6 is 0 Å². The number of aryl methyl sites for hydroxylation is 2. The summed E-state index contributed by atoms with van der Waals surface area (Å²) in [7, 11) is 0. The molecule has 0 radical (unpaired) electrons. The molecule has 1 aliphatic rings. The number of aromatic nitrogens is 2. The SMILES string of the molecule is Cc1ccc(Oc2c(CN(CC(C)O)CC3CC3)c(C)nn2-c2ccccc2)cc1. The molecule has 5 nitrogen and oxygen atoms in total. The fraction of sp³-hybridized carbons (Fsp3) is 0.400. The van der Waals surface area contributed by atoms with Crippen LogP contribution in [0.4, 0.5) is 0 Å². The molecular weight excluding hydrogens is 374 g/mol. The van der Waals surface area contributed by atoms with Gasteiger partial charge in [-0.25, -0.2) is 4.68 Å². The summed E-state index contributed by atoms with van der Waals surface area (Å²) in [5.41, 5.74) is 4.19. The molecule has 1 fully saturated rings. The van der Waals surface area contributed by atoms with E-state index in [0.29, 0.717) is 13.1 Å². The monoisotopic (exact) mass is 405 g/mol. The predicted molar refractivity (Wildman–Crippen MR) is 119 cm³/mol. The second-order valence-corrected chi connectivity index (χ2v) is 8.52. The zero-order valence-electron chi connectivity index (χ0n) is 18.1. The zero-order valence-corrected chi connectivity index (χ0v) is 18.1. The van der Waals surface area contributed by atoms with E-state index in [4.69, 9.17) is 9.84 Å². The molecule has 0 aliphatic heterocycles. The van der Waals surface area contributed by atoms with Gasteiger partial charge in [-0.2, -0.15) is 5.10 Å². The van der Waals surface area contributed by atoms with E-state index in [2.05, 4.69) is 24.0 Å². The number of ether oxygens (including phenoxy) is 1. The fourth-order valence-electron chi connectivity index (χ4n) is 3.75. The number of aliphatic hydroxyl groups is 1. The van der Waals surface area contributed by atoms with Crippen LogP contribution in [0.25, 0.3) is 5.69 Å². The maximum Gasteiger partial charge on any atom is 0.227 e. The number of hydrogen-bond acceptors (Lipinski definition) is 4. The van der Waals surface area contributed by atoms with E-state index in [1.807, 2.05) is 61.0 Å². The Balaban J connectivity index is 1.70. The third-order valence-electron chi connectivity index (χ3n) is 5.49. The first-order chi connectivity index (χ1) is 14.5. The van der Waals surface area contributed by atoms with Gasteiger partial charge in [-0.1, -0.05) is 35.9 Å². The molecule has 5 heteroatoms. The number of aliphatic hydroxyl groups excluding tert-OH is 1. The Bertz CT molecular complexity index is 956. The number of para-hydroxylation sites is 1. The van der Waals surface area contributed by atoms with Gasteiger partial charge < -0.3 is 9.84 Å². The lowest BCUT2D eigenvalue weighted by Gasteiger charge is -2.24. The van der Waals surface area contributed by atoms with Crippen LogP contribution in [-0.4, -0.2) is 39.0 Å². The van der Waals surface area contributed by atoms with Crippen molar-refractivity contribution in [2.45, 2.75) is 46.3 Å². The average Bonchev–Trinajstić information content (AvgIpc) is 3.49. The quantitative estimate of drug-likeness (QED) is 0.552. The van der Waals surface area contributed by atoms with Gasteiger partial charge >= 0.3 is 0 Å². The summed E-state index contributed by atoms with van der Waals surface area (Å²) in [4.78, 5) is 2.34. The van der Waals surface area contributed by atoms with E-state index in [0.717, 1.165) is 41.0 Å². The highest BCUT2D eigenvalue weighted by molar-refractivity contribution is 5.43. The van der Waals surface area contributed by atoms with Crippen LogP contribution in [0.1, 0.15) is 36.6 Å². The van der Waals surface area contributed by atoms with Crippen LogP contribution in [0.3, 0.4) is 0 Å². The maximum absolute atomic E-state index is 10.0. The van der Waals surface area contributed by atoms with Gasteiger partial charge in [0.2, 0.25) is 5.88 Å². The van der Waals surface area contributed by atoms with Crippen molar-refractivity contribution >= 4 is 0 Å². The van der Waals surface area contributed by atoms with E-state index in [-0.39, 0.29) is 6.10 Å². The van der Waals surface area contributed by atoms with Crippen molar-refractivity contribution in [1.29, 1.82) is 0 Å². The Hall–Kier alpha value is -2.63. The van der Waals surface area contributed by atoms with E-state index < -0.39 is 0 Å². The molecule has 1 heterocycles. The van der Waals surface area contributed by atoms with Gasteiger partial charge in [-0.3, -0.25) is 4.90 Å². The van der Waals surface area contributed by atoms with Crippen molar-refractivity contribution < 1.29 is 9.84 Å². The molecule has 1 aliphatic carbocycles. The zero-order chi connectivity index (χ0) is 21.1. The first-order valence-electron chi connectivity index (χ1n) is 10.8. The van der Waals surface area contributed by atoms with Gasteiger partial charge in [0.25, 0.3) is 0 Å². The van der Waals surface area contributed by atoms with Crippen LogP contribution in [0, 0.1) is 19.8 Å². The van der Waals surface area contributed by atoms with Gasteiger partial charge in [0.05, 0.1) is 23.0 Å². The number of benzene rings is 2. The molecule has 30 heavy (non-hydrogen) atoms. The molecule has 2 aromatic carbocycles. The van der Waals surface area contributed by atoms with Crippen LogP contribution in [0.2, 0.25) is 0 Å². The molecule has 3 aromatic rings. The Morgan fingerprint density at radius 3 is 2.43 bits per heavy atom. The molecule has 1 unspecified atom stereocenters. The number of rotatable bonds is 9. The van der Waals surface area contributed by atoms with Crippen molar-refractivity contribution in [1.82, 2.24) is 14.7 Å². The summed E-state index contributed by atoms with van der Waals surface area (Å²) in [6, 6.07) is 18.2. The van der Waals surface area contributed by atoms with Gasteiger partial charge in [0, 0.05) is 19.6 Å². The highest BCUT2D eigenvalue weighted by atomic mass is 16.5. The molecule has 4 rings (SSSR count). The third-order valence-corrected chi connectivity index (χ3v) is 5.49. The smallest absolute Gasteiger partial charge is 0.227 e. The molecule has 0 spiro atoms. The van der Waals surface area contributed by atoms with E-state index >= 15 is 0 Å². The van der Waals surface area contributed by atoms with Crippen LogP contribution < -0.4 is 4.74 Å². The lowest BCUT2D eigenvalue weighted by atomic mass is 10.2. The number of hydrogen-bond donors (Lipinski definition) is 1. The fourth-order valence-corrected chi connectivity index (χ4v) is 3.75. The van der Waals surface area contributed by atoms with Crippen molar-refractivity contribution in [2.75, 3.05) is 13.1 Å². The average molecular weight is 406 g/mol. The van der Waals surface area contributed by atoms with Crippen molar-refractivity contribution in [2.24, 2.45) is 5.92 Å². The summed E-state index contributed by atoms with van der Waals surface area (Å²) in [6.07, 6.45) is 2.20. The topological polar surface area (TPSA) is 50.5 Å². The lowest BCUT2D eigenvalue weighted by Crippen LogP contribution is -2.32. The van der Waals surface area contributed by atoms with Gasteiger partial charge in [0.15, 0.2) is 0 Å². The maximum atomic E-state index is 10.0. The van der Waals surface area contributed by atoms with E-state index in [9.17, 15) is 5.11 Å². The van der Waals surface area contributed by atoms with Gasteiger partial charge in [-0.05, 0) is 63.8 Å². The molecule has 1 atom stereocenters. The lowest BCUT2D eigenvalue weighted by molar-refractivity contribution is 0.118. The van der Waals surface area contributed by atoms with Crippen molar-refractivity contribution in [3.05, 3.63) is 71.4 Å². The van der Waals surface area contributed by atoms with Crippen molar-refractivity contribution in [3.8, 4) is 17.3 Å². The second-order valence-electron chi connectivity index (χ2n) is 8.52. The van der Waals surface area contributed by atoms with E-state index in [1.54, 1.807) is 0 Å². The minimum absolute atomic E-state index is 0.366. The Labute approximate surface area is 178 Å². The van der Waals surface area contributed by atoms with Gasteiger partial charge in [-0.15, -0.1) is 0 Å². The van der Waals surface area contributed by atoms with Crippen LogP contribution in [-0.2, 0) is 6.54 Å². The standard InChI is InChI=1S/C25H31N3O2/c1-18-9-13-23(14-10-18)30-25-24(17-27(15-19(2)29)16-21-11-12-21)20(3)26-28(25)22-7-5-4-6-8-22/h4-10,13-14,19,21,29H,11-12,15-17H2,1-3H3. The minimum atomic E-state index is -0.366. The predicted octanol–water partition coefficient (Wildman–Crippen LogP) is 4.87. The molecule has 1 aromatic heterocycles. The normalized spacial score (nSPS) is 14.8. The molecule has 0 amide bonds. The molecule has 0 bridgehead atoms. The molecule has 158 valence electrons. The summed E-state index contributed by atoms with van der Waals surface area (Å²) >= 11 is 0. The largest absolute Gasteiger partial charge is 0.439 e. The van der Waals surface area contributed by atoms with Crippen LogP contribution in [0.5, 0.6) is 11.6 Å². The highest BCUT2D eigenvalue weighted by Crippen LogP contribution is 2.34. The molecule has 0 saturated heterocycles. The first kappa shape index (κ1) is 20.6. The summed E-state index contributed by atoms with van der Waals surface area (Å²) in [5, 5.41) is 14.8. The molecular formula is C25H31N3O2. The Morgan fingerprint density at radius 2 is 1.80 bits per heavy atom. The van der Waals surface area contributed by atoms with Crippen molar-refractivity contribution in [3.63, 3.8) is 0 Å². The first-order valence-corrected chi connectivity index (χ1v) is 10.8. The van der Waals surface area contributed by atoms with E-state index in [1.165, 1.54) is 18.4 Å². The Morgan fingerprint density at radius 1 is 1.10 bits per heavy atom. The van der Waals surface area contributed by atoms with Gasteiger partial charge in [0.1, 0.15) is 5.75 Å². The third kappa shape index (κ3) is 5.10. The summed E-state index contributed by atoms with van der Waals surface area (Å²) in [6.45, 7) is 8.32.